The highest BCUT2D eigenvalue weighted by molar-refractivity contribution is 5.90. The van der Waals surface area contributed by atoms with E-state index >= 15 is 0 Å². The molecule has 0 aliphatic rings. The molecule has 2 heterocycles. The maximum absolute atomic E-state index is 5.56. The van der Waals surface area contributed by atoms with Gasteiger partial charge in [-0.2, -0.15) is 0 Å². The lowest BCUT2D eigenvalue weighted by atomic mass is 10.2. The quantitative estimate of drug-likeness (QED) is 0.755. The lowest BCUT2D eigenvalue weighted by molar-refractivity contribution is 1.01. The van der Waals surface area contributed by atoms with Crippen molar-refractivity contribution in [1.82, 2.24) is 15.0 Å². The highest BCUT2D eigenvalue weighted by Gasteiger charge is 2.08. The van der Waals surface area contributed by atoms with E-state index in [4.69, 9.17) is 5.73 Å². The first-order chi connectivity index (χ1) is 9.88. The van der Waals surface area contributed by atoms with Crippen molar-refractivity contribution in [2.24, 2.45) is 5.73 Å². The number of rotatable bonds is 4. The van der Waals surface area contributed by atoms with Crippen LogP contribution in [0.4, 0.5) is 5.82 Å². The van der Waals surface area contributed by atoms with Gasteiger partial charge in [-0.15, -0.1) is 0 Å². The minimum atomic E-state index is 0.558. The molecule has 5 heteroatoms. The lowest BCUT2D eigenvalue weighted by Gasteiger charge is -2.10. The van der Waals surface area contributed by atoms with Gasteiger partial charge in [0.2, 0.25) is 0 Å². The second kappa shape index (κ2) is 5.63. The van der Waals surface area contributed by atoms with Crippen LogP contribution in [0.5, 0.6) is 0 Å². The van der Waals surface area contributed by atoms with Crippen LogP contribution >= 0.6 is 0 Å². The molecule has 3 rings (SSSR count). The molecule has 1 aromatic carbocycles. The molecule has 0 radical (unpaired) electrons. The van der Waals surface area contributed by atoms with E-state index in [-0.39, 0.29) is 0 Å². The molecule has 2 aromatic heterocycles. The number of hydrogen-bond donors (Lipinski definition) is 2. The molecule has 0 aliphatic carbocycles. The molecule has 0 unspecified atom stereocenters. The molecule has 20 heavy (non-hydrogen) atoms. The molecule has 0 amide bonds. The maximum Gasteiger partial charge on any atom is 0.162 e. The molecule has 0 fully saturated rings. The smallest absolute Gasteiger partial charge is 0.162 e. The summed E-state index contributed by atoms with van der Waals surface area (Å²) in [7, 11) is 0. The zero-order chi connectivity index (χ0) is 13.8. The Morgan fingerprint density at radius 2 is 1.80 bits per heavy atom. The van der Waals surface area contributed by atoms with Crippen LogP contribution < -0.4 is 11.1 Å². The van der Waals surface area contributed by atoms with Crippen molar-refractivity contribution >= 4 is 16.7 Å². The van der Waals surface area contributed by atoms with E-state index in [9.17, 15) is 0 Å². The van der Waals surface area contributed by atoms with Crippen molar-refractivity contribution in [3.63, 3.8) is 0 Å². The first-order valence-corrected chi connectivity index (χ1v) is 6.49. The molecule has 3 N–H and O–H groups in total. The van der Waals surface area contributed by atoms with Crippen molar-refractivity contribution in [2.45, 2.75) is 0 Å². The minimum Gasteiger partial charge on any atom is -0.368 e. The summed E-state index contributed by atoms with van der Waals surface area (Å²) in [6, 6.07) is 11.7. The summed E-state index contributed by atoms with van der Waals surface area (Å²) in [6.45, 7) is 1.24. The van der Waals surface area contributed by atoms with Crippen LogP contribution in [0.15, 0.2) is 48.8 Å². The molecule has 0 aliphatic heterocycles. The zero-order valence-electron chi connectivity index (χ0n) is 11.0. The minimum absolute atomic E-state index is 0.558. The second-order valence-electron chi connectivity index (χ2n) is 4.36. The van der Waals surface area contributed by atoms with E-state index in [1.54, 1.807) is 12.4 Å². The predicted octanol–water partition coefficient (Wildman–Crippen LogP) is 2.06. The average Bonchev–Trinajstić information content (AvgIpc) is 2.53. The van der Waals surface area contributed by atoms with Gasteiger partial charge in [0.25, 0.3) is 0 Å². The van der Waals surface area contributed by atoms with Crippen LogP contribution in [-0.4, -0.2) is 28.0 Å². The van der Waals surface area contributed by atoms with Gasteiger partial charge in [0.05, 0.1) is 5.52 Å². The van der Waals surface area contributed by atoms with Crippen molar-refractivity contribution < 1.29 is 0 Å². The van der Waals surface area contributed by atoms with Crippen molar-refractivity contribution in [2.75, 3.05) is 18.4 Å². The van der Waals surface area contributed by atoms with Crippen LogP contribution in [0.1, 0.15) is 0 Å². The van der Waals surface area contributed by atoms with Crippen LogP contribution in [0, 0.1) is 0 Å². The lowest BCUT2D eigenvalue weighted by Crippen LogP contribution is -2.14. The number of pyridine rings is 1. The first kappa shape index (κ1) is 12.5. The number of benzene rings is 1. The van der Waals surface area contributed by atoms with Crippen molar-refractivity contribution in [3.8, 4) is 11.4 Å². The number of para-hydroxylation sites is 1. The Morgan fingerprint density at radius 3 is 2.60 bits per heavy atom. The Morgan fingerprint density at radius 1 is 1.00 bits per heavy atom. The van der Waals surface area contributed by atoms with Gasteiger partial charge in [0.15, 0.2) is 5.82 Å². The molecule has 5 nitrogen and oxygen atoms in total. The fourth-order valence-electron chi connectivity index (χ4n) is 2.03. The summed E-state index contributed by atoms with van der Waals surface area (Å²) in [5.41, 5.74) is 7.41. The summed E-state index contributed by atoms with van der Waals surface area (Å²) < 4.78 is 0. The van der Waals surface area contributed by atoms with E-state index < -0.39 is 0 Å². The third-order valence-corrected chi connectivity index (χ3v) is 2.98. The summed E-state index contributed by atoms with van der Waals surface area (Å²) in [5, 5.41) is 4.25. The van der Waals surface area contributed by atoms with E-state index in [0.717, 1.165) is 22.3 Å². The Labute approximate surface area is 116 Å². The number of fused-ring (bicyclic) bond motifs is 1. The third kappa shape index (κ3) is 2.44. The third-order valence-electron chi connectivity index (χ3n) is 2.98. The number of nitrogens with two attached hydrogens (primary N) is 1. The number of anilines is 1. The molecule has 0 saturated heterocycles. The zero-order valence-corrected chi connectivity index (χ0v) is 11.0. The molecule has 0 saturated carbocycles. The molecular formula is C15H15N5. The van der Waals surface area contributed by atoms with Crippen LogP contribution in [-0.2, 0) is 0 Å². The number of aromatic nitrogens is 3. The Balaban J connectivity index is 2.14. The van der Waals surface area contributed by atoms with Gasteiger partial charge in [0.1, 0.15) is 5.82 Å². The average molecular weight is 265 g/mol. The Kier molecular flexibility index (Phi) is 3.52. The standard InChI is InChI=1S/C15H15N5/c16-7-10-18-15-12-3-1-2-4-13(12)19-14(20-15)11-5-8-17-9-6-11/h1-6,8-9H,7,10,16H2,(H,18,19,20). The van der Waals surface area contributed by atoms with Crippen molar-refractivity contribution in [1.29, 1.82) is 0 Å². The summed E-state index contributed by atoms with van der Waals surface area (Å²) in [5.74, 6) is 1.50. The van der Waals surface area contributed by atoms with E-state index in [0.29, 0.717) is 18.9 Å². The number of nitrogens with zero attached hydrogens (tertiary/aromatic N) is 3. The second-order valence-corrected chi connectivity index (χ2v) is 4.36. The van der Waals surface area contributed by atoms with Gasteiger partial charge >= 0.3 is 0 Å². The summed E-state index contributed by atoms with van der Waals surface area (Å²) in [4.78, 5) is 13.2. The van der Waals surface area contributed by atoms with Crippen molar-refractivity contribution in [3.05, 3.63) is 48.8 Å². The summed E-state index contributed by atoms with van der Waals surface area (Å²) in [6.07, 6.45) is 3.47. The van der Waals surface area contributed by atoms with Gasteiger partial charge in [0, 0.05) is 36.4 Å². The molecule has 0 spiro atoms. The normalized spacial score (nSPS) is 10.7. The molecule has 0 atom stereocenters. The molecule has 0 bridgehead atoms. The Bertz CT molecular complexity index is 712. The van der Waals surface area contributed by atoms with E-state index in [1.807, 2.05) is 36.4 Å². The number of hydrogen-bond acceptors (Lipinski definition) is 5. The summed E-state index contributed by atoms with van der Waals surface area (Å²) >= 11 is 0. The maximum atomic E-state index is 5.56. The van der Waals surface area contributed by atoms with Crippen LogP contribution in [0.25, 0.3) is 22.3 Å². The van der Waals surface area contributed by atoms with Gasteiger partial charge in [-0.25, -0.2) is 9.97 Å². The Hall–Kier alpha value is -2.53. The molecule has 100 valence electrons. The number of nitrogens with one attached hydrogen (secondary N) is 1. The van der Waals surface area contributed by atoms with Gasteiger partial charge in [-0.05, 0) is 24.3 Å². The SMILES string of the molecule is NCCNc1nc(-c2ccncc2)nc2ccccc12. The fraction of sp³-hybridized carbons (Fsp3) is 0.133. The van der Waals surface area contributed by atoms with E-state index in [2.05, 4.69) is 20.3 Å². The van der Waals surface area contributed by atoms with Crippen LogP contribution in [0.3, 0.4) is 0 Å². The van der Waals surface area contributed by atoms with Gasteiger partial charge in [-0.1, -0.05) is 12.1 Å². The van der Waals surface area contributed by atoms with Gasteiger partial charge < -0.3 is 11.1 Å². The highest BCUT2D eigenvalue weighted by atomic mass is 15.0. The predicted molar refractivity (Wildman–Crippen MR) is 80.3 cm³/mol. The largest absolute Gasteiger partial charge is 0.368 e. The fourth-order valence-corrected chi connectivity index (χ4v) is 2.03. The first-order valence-electron chi connectivity index (χ1n) is 6.49. The van der Waals surface area contributed by atoms with E-state index in [1.165, 1.54) is 0 Å². The highest BCUT2D eigenvalue weighted by Crippen LogP contribution is 2.24. The monoisotopic (exact) mass is 265 g/mol. The van der Waals surface area contributed by atoms with Crippen LogP contribution in [0.2, 0.25) is 0 Å². The molecule has 3 aromatic rings. The van der Waals surface area contributed by atoms with Gasteiger partial charge in [-0.3, -0.25) is 4.98 Å². The topological polar surface area (TPSA) is 76.7 Å². The molecular weight excluding hydrogens is 250 g/mol.